The molecule has 0 spiro atoms. The molecule has 180 valence electrons. The van der Waals surface area contributed by atoms with Gasteiger partial charge in [0, 0.05) is 17.7 Å². The Hall–Kier alpha value is -3.12. The fourth-order valence-electron chi connectivity index (χ4n) is 3.58. The third-order valence-corrected chi connectivity index (χ3v) is 7.04. The molecule has 0 aromatic heterocycles. The van der Waals surface area contributed by atoms with Crippen molar-refractivity contribution in [3.63, 3.8) is 0 Å². The largest absolute Gasteiger partial charge is 0.493 e. The minimum absolute atomic E-state index is 0.117. The highest BCUT2D eigenvalue weighted by molar-refractivity contribution is 7.85. The van der Waals surface area contributed by atoms with Gasteiger partial charge in [0.05, 0.1) is 28.4 Å². The monoisotopic (exact) mass is 480 g/mol. The molecule has 0 aliphatic carbocycles. The minimum Gasteiger partial charge on any atom is -0.493 e. The van der Waals surface area contributed by atoms with Crippen molar-refractivity contribution >= 4 is 16.8 Å². The molecule has 3 rings (SSSR count). The molecule has 0 fully saturated rings. The van der Waals surface area contributed by atoms with Crippen LogP contribution in [0, 0.1) is 6.92 Å². The van der Waals surface area contributed by atoms with Gasteiger partial charge in [0.2, 0.25) is 0 Å². The summed E-state index contributed by atoms with van der Waals surface area (Å²) in [5.41, 5.74) is 3.15. The molecular weight excluding hydrogens is 448 g/mol. The predicted molar refractivity (Wildman–Crippen MR) is 134 cm³/mol. The molecule has 0 aliphatic rings. The van der Waals surface area contributed by atoms with Crippen LogP contribution in [-0.4, -0.2) is 28.0 Å². The molecule has 2 atom stereocenters. The number of ether oxygens (including phenoxy) is 2. The van der Waals surface area contributed by atoms with Gasteiger partial charge in [0.15, 0.2) is 0 Å². The molecule has 0 unspecified atom stereocenters. The van der Waals surface area contributed by atoms with Crippen LogP contribution in [0.1, 0.15) is 43.4 Å². The molecule has 0 heterocycles. The van der Waals surface area contributed by atoms with Crippen LogP contribution in [0.2, 0.25) is 0 Å². The van der Waals surface area contributed by atoms with Gasteiger partial charge in [-0.25, -0.2) is 4.21 Å². The summed E-state index contributed by atoms with van der Waals surface area (Å²) in [6.45, 7) is 6.49. The lowest BCUT2D eigenvalue weighted by Crippen LogP contribution is -2.17. The maximum atomic E-state index is 13.2. The van der Waals surface area contributed by atoms with Gasteiger partial charge in [0.1, 0.15) is 11.5 Å². The molecule has 6 heteroatoms. The number of carboxylic acids is 1. The summed E-state index contributed by atoms with van der Waals surface area (Å²) >= 11 is 0. The number of hydrogen-bond donors (Lipinski definition) is 1. The molecule has 0 aliphatic heterocycles. The fraction of sp³-hybridized carbons (Fsp3) is 0.321. The summed E-state index contributed by atoms with van der Waals surface area (Å²) in [7, 11) is -1.32. The van der Waals surface area contributed by atoms with E-state index in [2.05, 4.69) is 6.92 Å². The van der Waals surface area contributed by atoms with Crippen LogP contribution in [0.25, 0.3) is 0 Å². The van der Waals surface area contributed by atoms with Crippen LogP contribution >= 0.6 is 0 Å². The fourth-order valence-corrected chi connectivity index (χ4v) is 4.80. The Morgan fingerprint density at radius 2 is 1.82 bits per heavy atom. The Balaban J connectivity index is 1.61. The highest BCUT2D eigenvalue weighted by atomic mass is 32.2. The van der Waals surface area contributed by atoms with E-state index in [-0.39, 0.29) is 12.5 Å². The summed E-state index contributed by atoms with van der Waals surface area (Å²) in [6.07, 6.45) is 2.02. The van der Waals surface area contributed by atoms with Crippen LogP contribution < -0.4 is 9.47 Å². The second-order valence-electron chi connectivity index (χ2n) is 8.26. The maximum Gasteiger partial charge on any atom is 0.303 e. The topological polar surface area (TPSA) is 72.8 Å². The van der Waals surface area contributed by atoms with Crippen molar-refractivity contribution < 1.29 is 23.6 Å². The maximum absolute atomic E-state index is 13.2. The molecular formula is C28H32O5S. The number of carbonyl (C=O) groups is 1. The lowest BCUT2D eigenvalue weighted by molar-refractivity contribution is -0.136. The second-order valence-corrected chi connectivity index (χ2v) is 9.71. The molecule has 0 bridgehead atoms. The van der Waals surface area contributed by atoms with E-state index < -0.39 is 16.8 Å². The molecule has 1 N–H and O–H groups in total. The molecule has 0 amide bonds. The van der Waals surface area contributed by atoms with Crippen molar-refractivity contribution in [3.8, 4) is 11.5 Å². The van der Waals surface area contributed by atoms with E-state index >= 15 is 0 Å². The van der Waals surface area contributed by atoms with Gasteiger partial charge in [-0.3, -0.25) is 4.79 Å². The quantitative estimate of drug-likeness (QED) is 0.345. The van der Waals surface area contributed by atoms with Gasteiger partial charge in [0.25, 0.3) is 0 Å². The Kier molecular flexibility index (Phi) is 9.28. The Morgan fingerprint density at radius 1 is 1.06 bits per heavy atom. The normalized spacial score (nSPS) is 12.7. The average molecular weight is 481 g/mol. The number of rotatable bonds is 12. The van der Waals surface area contributed by atoms with Crippen LogP contribution in [-0.2, 0) is 28.4 Å². The zero-order chi connectivity index (χ0) is 24.5. The van der Waals surface area contributed by atoms with Gasteiger partial charge >= 0.3 is 5.97 Å². The van der Waals surface area contributed by atoms with Crippen molar-refractivity contribution in [2.45, 2.75) is 62.3 Å². The van der Waals surface area contributed by atoms with Crippen molar-refractivity contribution in [2.75, 3.05) is 6.61 Å². The number of carboxylic acid groups (broad SMARTS) is 1. The first-order valence-corrected chi connectivity index (χ1v) is 12.7. The summed E-state index contributed by atoms with van der Waals surface area (Å²) in [5, 5.41) is 8.87. The first kappa shape index (κ1) is 25.5. The highest BCUT2D eigenvalue weighted by Crippen LogP contribution is 2.29. The van der Waals surface area contributed by atoms with Crippen LogP contribution in [0.15, 0.2) is 76.5 Å². The molecule has 34 heavy (non-hydrogen) atoms. The van der Waals surface area contributed by atoms with Crippen molar-refractivity contribution in [1.29, 1.82) is 0 Å². The number of hydrogen-bond acceptors (Lipinski definition) is 4. The minimum atomic E-state index is -1.32. The van der Waals surface area contributed by atoms with E-state index in [1.165, 1.54) is 0 Å². The number of aliphatic carboxylic acids is 1. The van der Waals surface area contributed by atoms with Crippen LogP contribution in [0.5, 0.6) is 11.5 Å². The summed E-state index contributed by atoms with van der Waals surface area (Å²) < 4.78 is 25.3. The van der Waals surface area contributed by atoms with Gasteiger partial charge in [-0.1, -0.05) is 37.3 Å². The third-order valence-electron chi connectivity index (χ3n) is 5.62. The van der Waals surface area contributed by atoms with Crippen molar-refractivity contribution in [2.24, 2.45) is 0 Å². The standard InChI is InChI=1S/C28H32O5S/c1-4-22-10-14-26(27(19-22)34(31)25-8-6-5-7-9-25)33-21(3)16-17-32-24-13-11-23(20(2)18-24)12-15-28(29)30/h5-11,13-14,18-19,21H,4,12,15-17H2,1-3H3,(H,29,30)/t21-,34+/m0/s1. The van der Waals surface area contributed by atoms with Crippen molar-refractivity contribution in [1.82, 2.24) is 0 Å². The van der Waals surface area contributed by atoms with Gasteiger partial charge in [-0.05, 0) is 79.8 Å². The van der Waals surface area contributed by atoms with Gasteiger partial charge in [-0.2, -0.15) is 0 Å². The molecule has 5 nitrogen and oxygen atoms in total. The van der Waals surface area contributed by atoms with E-state index in [9.17, 15) is 9.00 Å². The Morgan fingerprint density at radius 3 is 2.50 bits per heavy atom. The van der Waals surface area contributed by atoms with Gasteiger partial charge < -0.3 is 14.6 Å². The van der Waals surface area contributed by atoms with Crippen molar-refractivity contribution in [3.05, 3.63) is 83.4 Å². The number of benzene rings is 3. The SMILES string of the molecule is CCc1ccc(O[C@@H](C)CCOc2ccc(CCC(=O)O)c(C)c2)c([S@](=O)c2ccccc2)c1. The third kappa shape index (κ3) is 7.19. The predicted octanol–water partition coefficient (Wildman–Crippen LogP) is 5.98. The first-order valence-electron chi connectivity index (χ1n) is 11.6. The first-order chi connectivity index (χ1) is 16.4. The molecule has 3 aromatic rings. The average Bonchev–Trinajstić information content (AvgIpc) is 2.83. The van der Waals surface area contributed by atoms with E-state index in [1.807, 2.05) is 80.6 Å². The smallest absolute Gasteiger partial charge is 0.303 e. The molecule has 0 saturated heterocycles. The van der Waals surface area contributed by atoms with E-state index in [0.29, 0.717) is 30.1 Å². The zero-order valence-electron chi connectivity index (χ0n) is 20.0. The lowest BCUT2D eigenvalue weighted by atomic mass is 10.0. The zero-order valence-corrected chi connectivity index (χ0v) is 20.8. The van der Waals surface area contributed by atoms with E-state index in [1.54, 1.807) is 0 Å². The highest BCUT2D eigenvalue weighted by Gasteiger charge is 2.16. The lowest BCUT2D eigenvalue weighted by Gasteiger charge is -2.18. The van der Waals surface area contributed by atoms with Crippen LogP contribution in [0.4, 0.5) is 0 Å². The van der Waals surface area contributed by atoms with Crippen LogP contribution in [0.3, 0.4) is 0 Å². The second kappa shape index (κ2) is 12.4. The summed E-state index contributed by atoms with van der Waals surface area (Å²) in [5.74, 6) is 0.585. The molecule has 3 aromatic carbocycles. The van der Waals surface area contributed by atoms with E-state index in [4.69, 9.17) is 14.6 Å². The van der Waals surface area contributed by atoms with Gasteiger partial charge in [-0.15, -0.1) is 0 Å². The van der Waals surface area contributed by atoms with E-state index in [0.717, 1.165) is 33.8 Å². The number of aryl methyl sites for hydroxylation is 3. The summed E-state index contributed by atoms with van der Waals surface area (Å²) in [4.78, 5) is 12.2. The Labute approximate surface area is 204 Å². The Bertz CT molecular complexity index is 1130. The molecule has 0 radical (unpaired) electrons. The molecule has 0 saturated carbocycles. The summed E-state index contributed by atoms with van der Waals surface area (Å²) in [6, 6.07) is 21.0.